The fourth-order valence-corrected chi connectivity index (χ4v) is 4.46. The second kappa shape index (κ2) is 15.8. The van der Waals surface area contributed by atoms with Crippen LogP contribution in [0.2, 0.25) is 0 Å². The van der Waals surface area contributed by atoms with Gasteiger partial charge in [0.05, 0.1) is 24.6 Å². The van der Waals surface area contributed by atoms with Gasteiger partial charge in [0.2, 0.25) is 0 Å². The van der Waals surface area contributed by atoms with E-state index in [0.717, 1.165) is 54.8 Å². The van der Waals surface area contributed by atoms with Crippen LogP contribution in [-0.2, 0) is 9.09 Å². The molecule has 0 unspecified atom stereocenters. The Hall–Kier alpha value is -2.17. The molecule has 0 heterocycles. The molecule has 0 radical (unpaired) electrons. The van der Waals surface area contributed by atoms with Crippen LogP contribution < -0.4 is 4.74 Å². The molecule has 0 N–H and O–H groups in total. The molecule has 0 spiro atoms. The fourth-order valence-electron chi connectivity index (χ4n) is 3.70. The molecule has 5 nitrogen and oxygen atoms in total. The van der Waals surface area contributed by atoms with Gasteiger partial charge in [0.1, 0.15) is 5.75 Å². The second-order valence-electron chi connectivity index (χ2n) is 8.53. The van der Waals surface area contributed by atoms with Crippen LogP contribution in [0.1, 0.15) is 51.4 Å². The quantitative estimate of drug-likeness (QED) is 0.102. The van der Waals surface area contributed by atoms with Gasteiger partial charge in [-0.1, -0.05) is 81.0 Å². The molecular weight excluding hydrogens is 514 g/mol. The third kappa shape index (κ3) is 11.7. The summed E-state index contributed by atoms with van der Waals surface area (Å²) in [6.45, 7) is 1.07. The molecule has 0 aromatic heterocycles. The van der Waals surface area contributed by atoms with Crippen molar-refractivity contribution in [2.45, 2.75) is 51.4 Å². The minimum Gasteiger partial charge on any atom is -0.494 e. The lowest BCUT2D eigenvalue weighted by atomic mass is 10.1. The highest BCUT2D eigenvalue weighted by Crippen LogP contribution is 2.57. The largest absolute Gasteiger partial charge is 0.494 e. The number of hydrogen-bond acceptors (Lipinski definition) is 5. The van der Waals surface area contributed by atoms with E-state index in [1.165, 1.54) is 24.8 Å². The Morgan fingerprint density at radius 2 is 1.06 bits per heavy atom. The topological polar surface area (TPSA) is 60.2 Å². The van der Waals surface area contributed by atoms with E-state index in [1.54, 1.807) is 0 Å². The van der Waals surface area contributed by atoms with E-state index in [2.05, 4.69) is 34.5 Å². The summed E-state index contributed by atoms with van der Waals surface area (Å²) in [6.07, 6.45) is 5.42. The lowest BCUT2D eigenvalue weighted by Crippen LogP contribution is -1.97. The number of halogens is 2. The number of hydrogen-bond donors (Lipinski definition) is 0. The van der Waals surface area contributed by atoms with Crippen molar-refractivity contribution in [1.29, 1.82) is 0 Å². The zero-order chi connectivity index (χ0) is 25.5. The van der Waals surface area contributed by atoms with Gasteiger partial charge in [-0.15, -0.1) is 0 Å². The van der Waals surface area contributed by atoms with Crippen LogP contribution in [0.5, 0.6) is 5.75 Å². The highest BCUT2D eigenvalue weighted by atomic mass is 35.9. The van der Waals surface area contributed by atoms with Gasteiger partial charge in [0, 0.05) is 0 Å². The van der Waals surface area contributed by atoms with Gasteiger partial charge >= 0.3 is 6.07 Å². The first-order valence-corrected chi connectivity index (χ1v) is 15.9. The maximum atomic E-state index is 11.0. The molecule has 0 saturated carbocycles. The number of azo groups is 1. The first kappa shape index (κ1) is 28.4. The highest BCUT2D eigenvalue weighted by molar-refractivity contribution is 8.05. The zero-order valence-electron chi connectivity index (χ0n) is 20.4. The Labute approximate surface area is 223 Å². The van der Waals surface area contributed by atoms with Gasteiger partial charge in [-0.05, 0) is 82.8 Å². The van der Waals surface area contributed by atoms with Crippen molar-refractivity contribution in [2.24, 2.45) is 10.2 Å². The van der Waals surface area contributed by atoms with Gasteiger partial charge < -0.3 is 9.26 Å². The molecule has 0 aliphatic carbocycles. The number of ether oxygens (including phenoxy) is 1. The third-order valence-electron chi connectivity index (χ3n) is 5.64. The molecule has 0 bridgehead atoms. The number of unbranched alkanes of at least 4 members (excludes halogenated alkanes) is 7. The van der Waals surface area contributed by atoms with E-state index < -0.39 is 6.07 Å². The average molecular weight is 547 g/mol. The molecule has 0 fully saturated rings. The summed E-state index contributed by atoms with van der Waals surface area (Å²) in [5.41, 5.74) is 3.95. The number of rotatable bonds is 16. The van der Waals surface area contributed by atoms with Crippen LogP contribution in [-0.4, -0.2) is 13.2 Å². The van der Waals surface area contributed by atoms with Crippen molar-refractivity contribution in [3.05, 3.63) is 78.9 Å². The SMILES string of the molecule is O=P(Cl)(Cl)OCCCCCCCCCCOc1ccc(N=Nc2ccc(-c3ccccc3)cc2)cc1. The molecular formula is C28H33Cl2N2O3P. The van der Waals surface area contributed by atoms with E-state index >= 15 is 0 Å². The molecule has 0 saturated heterocycles. The Bertz CT molecular complexity index is 1090. The molecule has 36 heavy (non-hydrogen) atoms. The average Bonchev–Trinajstić information content (AvgIpc) is 2.89. The Morgan fingerprint density at radius 3 is 1.61 bits per heavy atom. The Kier molecular flexibility index (Phi) is 12.5. The zero-order valence-corrected chi connectivity index (χ0v) is 22.8. The lowest BCUT2D eigenvalue weighted by Gasteiger charge is -2.06. The number of benzene rings is 3. The first-order valence-electron chi connectivity index (χ1n) is 12.4. The van der Waals surface area contributed by atoms with E-state index in [-0.39, 0.29) is 0 Å². The van der Waals surface area contributed by atoms with Crippen LogP contribution in [0, 0.1) is 0 Å². The predicted octanol–water partition coefficient (Wildman–Crippen LogP) is 10.9. The van der Waals surface area contributed by atoms with Crippen molar-refractivity contribution in [1.82, 2.24) is 0 Å². The van der Waals surface area contributed by atoms with Gasteiger partial charge in [0.15, 0.2) is 0 Å². The molecule has 192 valence electrons. The summed E-state index contributed by atoms with van der Waals surface area (Å²) >= 11 is 10.7. The normalized spacial score (nSPS) is 11.7. The minimum absolute atomic E-state index is 0.356. The number of nitrogens with zero attached hydrogens (tertiary/aromatic N) is 2. The molecule has 0 aliphatic rings. The molecule has 0 atom stereocenters. The fraction of sp³-hybridized carbons (Fsp3) is 0.357. The lowest BCUT2D eigenvalue weighted by molar-refractivity contribution is 0.303. The maximum Gasteiger partial charge on any atom is 0.380 e. The van der Waals surface area contributed by atoms with Crippen LogP contribution in [0.25, 0.3) is 11.1 Å². The van der Waals surface area contributed by atoms with Crippen LogP contribution in [0.3, 0.4) is 0 Å². The molecule has 3 rings (SSSR count). The van der Waals surface area contributed by atoms with Crippen molar-refractivity contribution in [3.63, 3.8) is 0 Å². The smallest absolute Gasteiger partial charge is 0.380 e. The summed E-state index contributed by atoms with van der Waals surface area (Å²) in [5, 5.41) is 8.67. The Balaban J connectivity index is 1.25. The second-order valence-corrected chi connectivity index (χ2v) is 12.8. The van der Waals surface area contributed by atoms with E-state index in [9.17, 15) is 4.57 Å². The van der Waals surface area contributed by atoms with E-state index in [0.29, 0.717) is 13.2 Å². The summed E-state index contributed by atoms with van der Waals surface area (Å²) in [6, 6.07) is 26.0. The van der Waals surface area contributed by atoms with Crippen LogP contribution >= 0.6 is 28.6 Å². The monoisotopic (exact) mass is 546 g/mol. The van der Waals surface area contributed by atoms with E-state index in [1.807, 2.05) is 54.6 Å². The van der Waals surface area contributed by atoms with Crippen molar-refractivity contribution >= 4 is 39.9 Å². The highest BCUT2D eigenvalue weighted by Gasteiger charge is 2.12. The summed E-state index contributed by atoms with van der Waals surface area (Å²) in [7, 11) is 0. The molecule has 0 aliphatic heterocycles. The van der Waals surface area contributed by atoms with Crippen molar-refractivity contribution < 1.29 is 13.8 Å². The predicted molar refractivity (Wildman–Crippen MR) is 150 cm³/mol. The third-order valence-corrected chi connectivity index (χ3v) is 6.71. The van der Waals surface area contributed by atoms with Crippen molar-refractivity contribution in [2.75, 3.05) is 13.2 Å². The summed E-state index contributed by atoms with van der Waals surface area (Å²) in [5.74, 6) is 0.849. The molecule has 3 aromatic carbocycles. The maximum absolute atomic E-state index is 11.0. The van der Waals surface area contributed by atoms with Crippen LogP contribution in [0.4, 0.5) is 11.4 Å². The van der Waals surface area contributed by atoms with Gasteiger partial charge in [-0.2, -0.15) is 10.2 Å². The van der Waals surface area contributed by atoms with Crippen molar-refractivity contribution in [3.8, 4) is 16.9 Å². The standard InChI is InChI=1S/C28H33Cl2N2O3P/c29-36(30,33)35-23-11-6-4-2-1-3-5-10-22-34-28-20-18-27(19-21-28)32-31-26-16-14-25(15-17-26)24-12-8-7-9-13-24/h7-9,12-21H,1-6,10-11,22-23H2. The summed E-state index contributed by atoms with van der Waals surface area (Å²) < 4.78 is 21.7. The van der Waals surface area contributed by atoms with Gasteiger partial charge in [-0.25, -0.2) is 0 Å². The van der Waals surface area contributed by atoms with Gasteiger partial charge in [0.25, 0.3) is 0 Å². The van der Waals surface area contributed by atoms with Crippen LogP contribution in [0.15, 0.2) is 89.1 Å². The first-order chi connectivity index (χ1) is 17.5. The molecule has 8 heteroatoms. The van der Waals surface area contributed by atoms with E-state index in [4.69, 9.17) is 31.7 Å². The van der Waals surface area contributed by atoms with Gasteiger partial charge in [-0.3, -0.25) is 4.57 Å². The Morgan fingerprint density at radius 1 is 0.583 bits per heavy atom. The minimum atomic E-state index is -3.37. The molecule has 0 amide bonds. The molecule has 3 aromatic rings. The summed E-state index contributed by atoms with van der Waals surface area (Å²) in [4.78, 5) is 0.